The van der Waals surface area contributed by atoms with E-state index < -0.39 is 0 Å². The molecule has 0 saturated heterocycles. The van der Waals surface area contributed by atoms with E-state index in [1.54, 1.807) is 11.6 Å². The van der Waals surface area contributed by atoms with Crippen molar-refractivity contribution in [1.82, 2.24) is 9.55 Å². The predicted octanol–water partition coefficient (Wildman–Crippen LogP) is 2.45. The van der Waals surface area contributed by atoms with Crippen molar-refractivity contribution in [2.45, 2.75) is 6.61 Å². The Morgan fingerprint density at radius 2 is 1.95 bits per heavy atom. The van der Waals surface area contributed by atoms with E-state index in [0.717, 1.165) is 22.3 Å². The second-order valence-electron chi connectivity index (χ2n) is 4.44. The molecule has 0 fully saturated rings. The van der Waals surface area contributed by atoms with Gasteiger partial charge >= 0.3 is 5.69 Å². The summed E-state index contributed by atoms with van der Waals surface area (Å²) >= 11 is 0. The highest BCUT2D eigenvalue weighted by Crippen LogP contribution is 2.19. The molecule has 0 amide bonds. The van der Waals surface area contributed by atoms with E-state index in [2.05, 4.69) is 4.98 Å². The van der Waals surface area contributed by atoms with Crippen molar-refractivity contribution in [2.24, 2.45) is 7.05 Å². The molecular formula is C15H14N2O2. The van der Waals surface area contributed by atoms with E-state index in [1.165, 1.54) is 0 Å². The number of rotatable bonds is 3. The number of H-pyrrole nitrogens is 1. The lowest BCUT2D eigenvalue weighted by atomic mass is 10.2. The monoisotopic (exact) mass is 254 g/mol. The molecule has 0 spiro atoms. The minimum Gasteiger partial charge on any atom is -0.489 e. The van der Waals surface area contributed by atoms with E-state index >= 15 is 0 Å². The second kappa shape index (κ2) is 4.65. The second-order valence-corrected chi connectivity index (χ2v) is 4.44. The molecule has 0 aliphatic heterocycles. The first kappa shape index (κ1) is 11.6. The molecular weight excluding hydrogens is 240 g/mol. The maximum absolute atomic E-state index is 11.5. The summed E-state index contributed by atoms with van der Waals surface area (Å²) in [5.41, 5.74) is 2.66. The van der Waals surface area contributed by atoms with Gasteiger partial charge in [-0.05, 0) is 17.7 Å². The summed E-state index contributed by atoms with van der Waals surface area (Å²) in [4.78, 5) is 14.3. The molecule has 3 aromatic rings. The Kier molecular flexibility index (Phi) is 2.83. The zero-order chi connectivity index (χ0) is 13.2. The fourth-order valence-electron chi connectivity index (χ4n) is 2.03. The number of hydrogen-bond acceptors (Lipinski definition) is 2. The Balaban J connectivity index is 1.85. The lowest BCUT2D eigenvalue weighted by molar-refractivity contribution is 0.306. The molecule has 1 N–H and O–H groups in total. The van der Waals surface area contributed by atoms with E-state index in [4.69, 9.17) is 4.74 Å². The molecule has 96 valence electrons. The number of imidazole rings is 1. The van der Waals surface area contributed by atoms with Gasteiger partial charge in [0.1, 0.15) is 12.4 Å². The number of nitrogens with zero attached hydrogens (tertiary/aromatic N) is 1. The van der Waals surface area contributed by atoms with Crippen molar-refractivity contribution in [3.05, 3.63) is 64.6 Å². The Bertz CT molecular complexity index is 757. The van der Waals surface area contributed by atoms with Crippen molar-refractivity contribution in [2.75, 3.05) is 0 Å². The summed E-state index contributed by atoms with van der Waals surface area (Å²) in [6, 6.07) is 15.6. The van der Waals surface area contributed by atoms with Gasteiger partial charge in [0.2, 0.25) is 0 Å². The third kappa shape index (κ3) is 2.25. The molecule has 0 saturated carbocycles. The lowest BCUT2D eigenvalue weighted by Gasteiger charge is -2.06. The van der Waals surface area contributed by atoms with E-state index in [0.29, 0.717) is 6.61 Å². The molecule has 0 atom stereocenters. The quantitative estimate of drug-likeness (QED) is 0.780. The molecule has 4 heteroatoms. The highest BCUT2D eigenvalue weighted by molar-refractivity contribution is 5.76. The molecule has 0 bridgehead atoms. The topological polar surface area (TPSA) is 47.0 Å². The average molecular weight is 254 g/mol. The minimum absolute atomic E-state index is 0.116. The molecule has 2 aromatic carbocycles. The van der Waals surface area contributed by atoms with Gasteiger partial charge in [-0.15, -0.1) is 0 Å². The summed E-state index contributed by atoms with van der Waals surface area (Å²) in [5, 5.41) is 0. The van der Waals surface area contributed by atoms with Crippen molar-refractivity contribution in [3.63, 3.8) is 0 Å². The van der Waals surface area contributed by atoms with Crippen LogP contribution in [0.2, 0.25) is 0 Å². The van der Waals surface area contributed by atoms with Crippen LogP contribution in [0.15, 0.2) is 53.3 Å². The zero-order valence-corrected chi connectivity index (χ0v) is 10.6. The van der Waals surface area contributed by atoms with Gasteiger partial charge in [-0.3, -0.25) is 4.57 Å². The molecule has 0 aliphatic carbocycles. The summed E-state index contributed by atoms with van der Waals surface area (Å²) in [6.45, 7) is 0.519. The third-order valence-corrected chi connectivity index (χ3v) is 3.13. The summed E-state index contributed by atoms with van der Waals surface area (Å²) in [7, 11) is 1.74. The van der Waals surface area contributed by atoms with Crippen LogP contribution in [0.1, 0.15) is 5.56 Å². The van der Waals surface area contributed by atoms with E-state index in [1.807, 2.05) is 48.5 Å². The highest BCUT2D eigenvalue weighted by atomic mass is 16.5. The van der Waals surface area contributed by atoms with Crippen LogP contribution >= 0.6 is 0 Å². The van der Waals surface area contributed by atoms with Crippen molar-refractivity contribution >= 4 is 11.0 Å². The van der Waals surface area contributed by atoms with E-state index in [9.17, 15) is 4.79 Å². The van der Waals surface area contributed by atoms with Crippen LogP contribution < -0.4 is 10.4 Å². The maximum Gasteiger partial charge on any atom is 0.326 e. The smallest absolute Gasteiger partial charge is 0.326 e. The number of nitrogens with one attached hydrogen (secondary N) is 1. The van der Waals surface area contributed by atoms with Crippen LogP contribution in [-0.2, 0) is 13.7 Å². The van der Waals surface area contributed by atoms with E-state index in [-0.39, 0.29) is 5.69 Å². The van der Waals surface area contributed by atoms with Gasteiger partial charge in [-0.1, -0.05) is 30.3 Å². The maximum atomic E-state index is 11.5. The number of aromatic nitrogens is 2. The van der Waals surface area contributed by atoms with Crippen molar-refractivity contribution in [3.8, 4) is 5.75 Å². The van der Waals surface area contributed by atoms with Crippen LogP contribution in [0.3, 0.4) is 0 Å². The van der Waals surface area contributed by atoms with Crippen LogP contribution in [0.4, 0.5) is 0 Å². The largest absolute Gasteiger partial charge is 0.489 e. The SMILES string of the molecule is Cn1c(=O)[nH]c2ccc(OCc3ccccc3)cc21. The molecule has 0 unspecified atom stereocenters. The molecule has 4 nitrogen and oxygen atoms in total. The van der Waals surface area contributed by atoms with Gasteiger partial charge < -0.3 is 9.72 Å². The Morgan fingerprint density at radius 3 is 2.74 bits per heavy atom. The highest BCUT2D eigenvalue weighted by Gasteiger charge is 2.04. The normalized spacial score (nSPS) is 10.8. The standard InChI is InChI=1S/C15H14N2O2/c1-17-14-9-12(7-8-13(14)16-15(17)18)19-10-11-5-3-2-4-6-11/h2-9H,10H2,1H3,(H,16,18). The Morgan fingerprint density at radius 1 is 1.16 bits per heavy atom. The van der Waals surface area contributed by atoms with Crippen LogP contribution in [0.25, 0.3) is 11.0 Å². The third-order valence-electron chi connectivity index (χ3n) is 3.13. The number of hydrogen-bond donors (Lipinski definition) is 1. The number of aromatic amines is 1. The molecule has 0 aliphatic rings. The molecule has 1 aromatic heterocycles. The Labute approximate surface area is 110 Å². The number of ether oxygens (including phenoxy) is 1. The summed E-state index contributed by atoms with van der Waals surface area (Å²) in [6.07, 6.45) is 0. The molecule has 19 heavy (non-hydrogen) atoms. The van der Waals surface area contributed by atoms with Gasteiger partial charge in [0.05, 0.1) is 11.0 Å². The average Bonchev–Trinajstić information content (AvgIpc) is 2.73. The first-order chi connectivity index (χ1) is 9.24. The van der Waals surface area contributed by atoms with Crippen molar-refractivity contribution < 1.29 is 4.74 Å². The van der Waals surface area contributed by atoms with Gasteiger partial charge in [0, 0.05) is 13.1 Å². The first-order valence-electron chi connectivity index (χ1n) is 6.09. The summed E-state index contributed by atoms with van der Waals surface area (Å²) in [5.74, 6) is 0.756. The van der Waals surface area contributed by atoms with Crippen LogP contribution in [0.5, 0.6) is 5.75 Å². The van der Waals surface area contributed by atoms with Gasteiger partial charge in [-0.2, -0.15) is 0 Å². The number of fused-ring (bicyclic) bond motifs is 1. The summed E-state index contributed by atoms with van der Waals surface area (Å²) < 4.78 is 7.31. The van der Waals surface area contributed by atoms with Gasteiger partial charge in [-0.25, -0.2) is 4.79 Å². The van der Waals surface area contributed by atoms with Crippen LogP contribution in [-0.4, -0.2) is 9.55 Å². The predicted molar refractivity (Wildman–Crippen MR) is 74.3 cm³/mol. The first-order valence-corrected chi connectivity index (χ1v) is 6.09. The molecule has 0 radical (unpaired) electrons. The minimum atomic E-state index is -0.116. The van der Waals surface area contributed by atoms with Gasteiger partial charge in [0.15, 0.2) is 0 Å². The lowest BCUT2D eigenvalue weighted by Crippen LogP contribution is -2.11. The van der Waals surface area contributed by atoms with Gasteiger partial charge in [0.25, 0.3) is 0 Å². The van der Waals surface area contributed by atoms with Crippen LogP contribution in [0, 0.1) is 0 Å². The number of aryl methyl sites for hydroxylation is 1. The number of benzene rings is 2. The Hall–Kier alpha value is -2.49. The fraction of sp³-hybridized carbons (Fsp3) is 0.133. The zero-order valence-electron chi connectivity index (χ0n) is 10.6. The molecule has 3 rings (SSSR count). The fourth-order valence-corrected chi connectivity index (χ4v) is 2.03. The molecule has 1 heterocycles. The van der Waals surface area contributed by atoms with Crippen molar-refractivity contribution in [1.29, 1.82) is 0 Å².